The lowest BCUT2D eigenvalue weighted by molar-refractivity contribution is 0.0532. The third-order valence-corrected chi connectivity index (χ3v) is 6.52. The van der Waals surface area contributed by atoms with Gasteiger partial charge in [-0.1, -0.05) is 0 Å². The van der Waals surface area contributed by atoms with Crippen LogP contribution < -0.4 is 10.0 Å². The molecule has 0 bridgehead atoms. The third kappa shape index (κ3) is 4.71. The van der Waals surface area contributed by atoms with Crippen molar-refractivity contribution in [1.29, 1.82) is 0 Å². The summed E-state index contributed by atoms with van der Waals surface area (Å²) in [6.07, 6.45) is 0.981. The van der Waals surface area contributed by atoms with Crippen LogP contribution in [0.5, 0.6) is 0 Å². The molecule has 6 nitrogen and oxygen atoms in total. The molecule has 9 heteroatoms. The first-order valence-corrected chi connectivity index (χ1v) is 10.2. The molecule has 2 N–H and O–H groups in total. The van der Waals surface area contributed by atoms with Crippen LogP contribution in [-0.4, -0.2) is 40.6 Å². The molecule has 2 aromatic rings. The van der Waals surface area contributed by atoms with Gasteiger partial charge >= 0.3 is 5.97 Å². The Morgan fingerprint density at radius 3 is 2.88 bits per heavy atom. The Hall–Kier alpha value is -1.19. The average molecular weight is 405 g/mol. The maximum absolute atomic E-state index is 12.5. The minimum Gasteiger partial charge on any atom is -0.462 e. The fraction of sp³-hybridized carbons (Fsp3) is 0.438. The van der Waals surface area contributed by atoms with Crippen molar-refractivity contribution in [3.63, 3.8) is 0 Å². The highest BCUT2D eigenvalue weighted by Gasteiger charge is 2.20. The number of ether oxygens (including phenoxy) is 1. The first-order chi connectivity index (χ1) is 11.5. The van der Waals surface area contributed by atoms with Crippen LogP contribution in [0.3, 0.4) is 0 Å². The lowest BCUT2D eigenvalue weighted by Gasteiger charge is -2.10. The summed E-state index contributed by atoms with van der Waals surface area (Å²) in [5, 5.41) is 3.95. The second kappa shape index (κ2) is 8.46. The first-order valence-electron chi connectivity index (χ1n) is 7.90. The molecule has 1 fully saturated rings. The second-order valence-electron chi connectivity index (χ2n) is 5.74. The van der Waals surface area contributed by atoms with Gasteiger partial charge in [0.25, 0.3) is 0 Å². The Kier molecular flexibility index (Phi) is 6.81. The maximum atomic E-state index is 12.5. The maximum Gasteiger partial charge on any atom is 0.348 e. The zero-order valence-electron chi connectivity index (χ0n) is 13.8. The molecule has 1 atom stereocenters. The van der Waals surface area contributed by atoms with Crippen molar-refractivity contribution in [2.45, 2.75) is 18.2 Å². The van der Waals surface area contributed by atoms with Gasteiger partial charge in [0.2, 0.25) is 10.0 Å². The van der Waals surface area contributed by atoms with Gasteiger partial charge in [-0.3, -0.25) is 0 Å². The third-order valence-electron chi connectivity index (χ3n) is 4.00. The molecule has 0 spiro atoms. The van der Waals surface area contributed by atoms with Gasteiger partial charge in [0, 0.05) is 11.2 Å². The van der Waals surface area contributed by atoms with E-state index in [1.807, 2.05) is 0 Å². The van der Waals surface area contributed by atoms with E-state index < -0.39 is 10.0 Å². The number of rotatable bonds is 6. The predicted molar refractivity (Wildman–Crippen MR) is 101 cm³/mol. The fourth-order valence-electron chi connectivity index (χ4n) is 2.69. The van der Waals surface area contributed by atoms with Gasteiger partial charge in [-0.2, -0.15) is 0 Å². The number of fused-ring (bicyclic) bond motifs is 1. The summed E-state index contributed by atoms with van der Waals surface area (Å²) in [6.45, 7) is 4.28. The number of hydrogen-bond acceptors (Lipinski definition) is 6. The van der Waals surface area contributed by atoms with E-state index in [2.05, 4.69) is 10.0 Å². The molecule has 138 valence electrons. The molecule has 0 saturated carbocycles. The largest absolute Gasteiger partial charge is 0.462 e. The van der Waals surface area contributed by atoms with Crippen LogP contribution in [0.4, 0.5) is 0 Å². The van der Waals surface area contributed by atoms with E-state index in [1.165, 1.54) is 11.3 Å². The Bertz CT molecular complexity index is 845. The van der Waals surface area contributed by atoms with Crippen LogP contribution in [0.1, 0.15) is 23.0 Å². The van der Waals surface area contributed by atoms with E-state index >= 15 is 0 Å². The van der Waals surface area contributed by atoms with Crippen LogP contribution in [-0.2, 0) is 14.8 Å². The predicted octanol–water partition coefficient (Wildman–Crippen LogP) is 2.39. The molecule has 1 unspecified atom stereocenters. The Morgan fingerprint density at radius 1 is 1.40 bits per heavy atom. The van der Waals surface area contributed by atoms with Crippen molar-refractivity contribution in [3.05, 3.63) is 29.1 Å². The molecule has 1 saturated heterocycles. The van der Waals surface area contributed by atoms with Crippen molar-refractivity contribution >= 4 is 49.8 Å². The highest BCUT2D eigenvalue weighted by atomic mass is 35.5. The molecular formula is C16H21ClN2O4S2. The Balaban J connectivity index is 0.00000225. The highest BCUT2D eigenvalue weighted by Crippen LogP contribution is 2.28. The molecule has 25 heavy (non-hydrogen) atoms. The summed E-state index contributed by atoms with van der Waals surface area (Å²) in [7, 11) is -3.55. The number of carbonyl (C=O) groups excluding carboxylic acids is 1. The number of thiophene rings is 1. The first kappa shape index (κ1) is 20.1. The molecule has 2 heterocycles. The van der Waals surface area contributed by atoms with Crippen molar-refractivity contribution in [3.8, 4) is 0 Å². The molecule has 0 aliphatic carbocycles. The number of nitrogens with one attached hydrogen (secondary N) is 2. The highest BCUT2D eigenvalue weighted by molar-refractivity contribution is 7.89. The summed E-state index contributed by atoms with van der Waals surface area (Å²) >= 11 is 1.30. The second-order valence-corrected chi connectivity index (χ2v) is 8.59. The summed E-state index contributed by atoms with van der Waals surface area (Å²) < 4.78 is 33.4. The van der Waals surface area contributed by atoms with Gasteiger partial charge in [0.15, 0.2) is 0 Å². The standard InChI is InChI=1S/C16H20N2O4S2.ClH/c1-2-22-16(19)15-8-12-7-13(3-4-14(12)23-15)24(20,21)18-10-11-5-6-17-9-11;/h3-4,7-8,11,17-18H,2,5-6,9-10H2,1H3;1H. The molecule has 0 radical (unpaired) electrons. The molecule has 1 aromatic carbocycles. The summed E-state index contributed by atoms with van der Waals surface area (Å²) in [5.74, 6) is -0.0463. The van der Waals surface area contributed by atoms with Crippen LogP contribution >= 0.6 is 23.7 Å². The minimum absolute atomic E-state index is 0. The lowest BCUT2D eigenvalue weighted by Crippen LogP contribution is -2.30. The summed E-state index contributed by atoms with van der Waals surface area (Å²) in [4.78, 5) is 12.5. The fourth-order valence-corrected chi connectivity index (χ4v) is 4.78. The van der Waals surface area contributed by atoms with Crippen LogP contribution in [0.15, 0.2) is 29.2 Å². The minimum atomic E-state index is -3.55. The number of esters is 1. The monoisotopic (exact) mass is 404 g/mol. The summed E-state index contributed by atoms with van der Waals surface area (Å²) in [5.41, 5.74) is 0. The van der Waals surface area contributed by atoms with E-state index in [9.17, 15) is 13.2 Å². The van der Waals surface area contributed by atoms with Crippen molar-refractivity contribution < 1.29 is 17.9 Å². The van der Waals surface area contributed by atoms with Gasteiger partial charge in [0.1, 0.15) is 4.88 Å². The molecule has 1 aliphatic rings. The van der Waals surface area contributed by atoms with Crippen molar-refractivity contribution in [2.24, 2.45) is 5.92 Å². The van der Waals surface area contributed by atoms with Gasteiger partial charge in [-0.15, -0.1) is 23.7 Å². The SMILES string of the molecule is CCOC(=O)c1cc2cc(S(=O)(=O)NCC3CCNC3)ccc2s1.Cl. The zero-order chi connectivity index (χ0) is 17.2. The van der Waals surface area contributed by atoms with Gasteiger partial charge in [0.05, 0.1) is 11.5 Å². The Morgan fingerprint density at radius 2 is 2.20 bits per heavy atom. The number of carbonyl (C=O) groups is 1. The number of sulfonamides is 1. The van der Waals surface area contributed by atoms with E-state index in [-0.39, 0.29) is 23.3 Å². The quantitative estimate of drug-likeness (QED) is 0.722. The van der Waals surface area contributed by atoms with Crippen LogP contribution in [0, 0.1) is 5.92 Å². The van der Waals surface area contributed by atoms with Gasteiger partial charge < -0.3 is 10.1 Å². The van der Waals surface area contributed by atoms with Crippen molar-refractivity contribution in [2.75, 3.05) is 26.2 Å². The molecular weight excluding hydrogens is 384 g/mol. The summed E-state index contributed by atoms with van der Waals surface area (Å²) in [6, 6.07) is 6.58. The normalized spacial score (nSPS) is 17.4. The van der Waals surface area contributed by atoms with E-state index in [4.69, 9.17) is 4.74 Å². The van der Waals surface area contributed by atoms with E-state index in [0.29, 0.717) is 23.9 Å². The number of benzene rings is 1. The Labute approximate surface area is 157 Å². The molecule has 0 amide bonds. The molecule has 1 aromatic heterocycles. The van der Waals surface area contributed by atoms with Crippen LogP contribution in [0.25, 0.3) is 10.1 Å². The lowest BCUT2D eigenvalue weighted by atomic mass is 10.1. The van der Waals surface area contributed by atoms with Gasteiger partial charge in [-0.05, 0) is 62.0 Å². The molecule has 3 rings (SSSR count). The average Bonchev–Trinajstić information content (AvgIpc) is 3.21. The van der Waals surface area contributed by atoms with E-state index in [1.54, 1.807) is 31.2 Å². The van der Waals surface area contributed by atoms with E-state index in [0.717, 1.165) is 29.6 Å². The number of halogens is 1. The smallest absolute Gasteiger partial charge is 0.348 e. The van der Waals surface area contributed by atoms with Crippen molar-refractivity contribution in [1.82, 2.24) is 10.0 Å². The topological polar surface area (TPSA) is 84.5 Å². The molecule has 1 aliphatic heterocycles. The number of hydrogen-bond donors (Lipinski definition) is 2. The van der Waals surface area contributed by atoms with Crippen LogP contribution in [0.2, 0.25) is 0 Å². The zero-order valence-corrected chi connectivity index (χ0v) is 16.2. The van der Waals surface area contributed by atoms with Gasteiger partial charge in [-0.25, -0.2) is 17.9 Å².